The van der Waals surface area contributed by atoms with Gasteiger partial charge in [0.25, 0.3) is 0 Å². The molecular formula is C13H21N7O. The highest BCUT2D eigenvalue weighted by Gasteiger charge is 2.04. The molecule has 2 rings (SSSR count). The molecule has 2 N–H and O–H groups in total. The lowest BCUT2D eigenvalue weighted by Gasteiger charge is -2.10. The van der Waals surface area contributed by atoms with Crippen LogP contribution in [-0.4, -0.2) is 39.0 Å². The van der Waals surface area contributed by atoms with E-state index >= 15 is 0 Å². The Hall–Kier alpha value is -2.38. The fourth-order valence-electron chi connectivity index (χ4n) is 1.79. The van der Waals surface area contributed by atoms with Gasteiger partial charge < -0.3 is 15.2 Å². The minimum Gasteiger partial charge on any atom is -0.357 e. The largest absolute Gasteiger partial charge is 0.357 e. The van der Waals surface area contributed by atoms with Crippen molar-refractivity contribution in [3.8, 4) is 0 Å². The third kappa shape index (κ3) is 4.59. The summed E-state index contributed by atoms with van der Waals surface area (Å²) in [6.07, 6.45) is 2.43. The fourth-order valence-corrected chi connectivity index (χ4v) is 1.79. The van der Waals surface area contributed by atoms with Crippen molar-refractivity contribution in [1.29, 1.82) is 0 Å². The molecule has 0 fully saturated rings. The molecule has 0 radical (unpaired) electrons. The van der Waals surface area contributed by atoms with Gasteiger partial charge in [-0.1, -0.05) is 5.16 Å². The summed E-state index contributed by atoms with van der Waals surface area (Å²) < 4.78 is 6.88. The van der Waals surface area contributed by atoms with Gasteiger partial charge in [0.1, 0.15) is 0 Å². The molecule has 0 aliphatic heterocycles. The van der Waals surface area contributed by atoms with Gasteiger partial charge in [0.15, 0.2) is 11.8 Å². The Kier molecular flexibility index (Phi) is 5.30. The van der Waals surface area contributed by atoms with Crippen LogP contribution in [0, 0.1) is 6.92 Å². The van der Waals surface area contributed by atoms with Crippen LogP contribution in [0.1, 0.15) is 24.3 Å². The highest BCUT2D eigenvalue weighted by molar-refractivity contribution is 5.79. The zero-order valence-corrected chi connectivity index (χ0v) is 12.6. The van der Waals surface area contributed by atoms with Crippen molar-refractivity contribution in [3.05, 3.63) is 29.7 Å². The molecule has 21 heavy (non-hydrogen) atoms. The number of nitrogens with one attached hydrogen (secondary N) is 2. The molecule has 0 unspecified atom stereocenters. The molecule has 0 aliphatic carbocycles. The van der Waals surface area contributed by atoms with Crippen molar-refractivity contribution in [1.82, 2.24) is 30.6 Å². The van der Waals surface area contributed by atoms with Gasteiger partial charge in [-0.15, -0.1) is 0 Å². The number of aliphatic imine (C=N–C) groups is 1. The molecule has 0 aliphatic rings. The average molecular weight is 291 g/mol. The van der Waals surface area contributed by atoms with Crippen LogP contribution in [-0.2, 0) is 20.0 Å². The third-order valence-electron chi connectivity index (χ3n) is 2.87. The molecule has 114 valence electrons. The van der Waals surface area contributed by atoms with E-state index < -0.39 is 0 Å². The van der Waals surface area contributed by atoms with Crippen molar-refractivity contribution in [2.24, 2.45) is 12.0 Å². The number of aryl methyl sites for hydroxylation is 2. The van der Waals surface area contributed by atoms with Crippen molar-refractivity contribution < 1.29 is 4.52 Å². The van der Waals surface area contributed by atoms with Gasteiger partial charge in [0.05, 0.1) is 12.2 Å². The normalized spacial score (nSPS) is 11.7. The molecule has 0 spiro atoms. The van der Waals surface area contributed by atoms with Crippen molar-refractivity contribution in [3.63, 3.8) is 0 Å². The van der Waals surface area contributed by atoms with Crippen LogP contribution < -0.4 is 10.6 Å². The van der Waals surface area contributed by atoms with Gasteiger partial charge in [-0.05, 0) is 19.9 Å². The quantitative estimate of drug-likeness (QED) is 0.591. The Bertz CT molecular complexity index is 587. The lowest BCUT2D eigenvalue weighted by molar-refractivity contribution is 0.374. The van der Waals surface area contributed by atoms with Crippen LogP contribution in [0.4, 0.5) is 0 Å². The molecule has 8 nitrogen and oxygen atoms in total. The zero-order chi connectivity index (χ0) is 15.1. The van der Waals surface area contributed by atoms with Crippen LogP contribution in [0.5, 0.6) is 0 Å². The fraction of sp³-hybridized carbons (Fsp3) is 0.538. The van der Waals surface area contributed by atoms with Crippen LogP contribution in [0.3, 0.4) is 0 Å². The monoisotopic (exact) mass is 291 g/mol. The summed E-state index contributed by atoms with van der Waals surface area (Å²) in [6, 6.07) is 1.95. The van der Waals surface area contributed by atoms with Crippen LogP contribution in [0.2, 0.25) is 0 Å². The summed E-state index contributed by atoms with van der Waals surface area (Å²) in [5, 5.41) is 14.3. The van der Waals surface area contributed by atoms with E-state index in [4.69, 9.17) is 4.52 Å². The smallest absolute Gasteiger partial charge is 0.228 e. The molecule has 0 saturated heterocycles. The third-order valence-corrected chi connectivity index (χ3v) is 2.87. The Morgan fingerprint density at radius 1 is 1.43 bits per heavy atom. The van der Waals surface area contributed by atoms with Gasteiger partial charge >= 0.3 is 0 Å². The maximum absolute atomic E-state index is 5.07. The molecule has 2 aromatic rings. The van der Waals surface area contributed by atoms with E-state index in [-0.39, 0.29) is 0 Å². The van der Waals surface area contributed by atoms with Crippen LogP contribution in [0.25, 0.3) is 0 Å². The van der Waals surface area contributed by atoms with E-state index in [1.807, 2.05) is 24.7 Å². The van der Waals surface area contributed by atoms with Crippen LogP contribution in [0.15, 0.2) is 21.8 Å². The maximum Gasteiger partial charge on any atom is 0.228 e. The number of hydrogen-bond donors (Lipinski definition) is 2. The number of nitrogens with zero attached hydrogens (tertiary/aromatic N) is 5. The zero-order valence-electron chi connectivity index (χ0n) is 12.6. The lowest BCUT2D eigenvalue weighted by Crippen LogP contribution is -2.38. The molecule has 0 aromatic carbocycles. The minimum absolute atomic E-state index is 0.575. The standard InChI is InChI=1S/C13H21N7O/c1-4-14-13(16-9-11-5-8-17-20(11)3)15-7-6-12-18-10(2)19-21-12/h5,8H,4,6-7,9H2,1-3H3,(H2,14,15,16). The predicted molar refractivity (Wildman–Crippen MR) is 78.8 cm³/mol. The van der Waals surface area contributed by atoms with Crippen LogP contribution >= 0.6 is 0 Å². The van der Waals surface area contributed by atoms with Crippen molar-refractivity contribution in [2.45, 2.75) is 26.8 Å². The summed E-state index contributed by atoms with van der Waals surface area (Å²) in [4.78, 5) is 8.68. The minimum atomic E-state index is 0.575. The Morgan fingerprint density at radius 3 is 2.90 bits per heavy atom. The van der Waals surface area contributed by atoms with Gasteiger partial charge in [-0.2, -0.15) is 10.1 Å². The lowest BCUT2D eigenvalue weighted by atomic mass is 10.4. The van der Waals surface area contributed by atoms with E-state index in [1.165, 1.54) is 0 Å². The second-order valence-corrected chi connectivity index (χ2v) is 4.55. The topological polar surface area (TPSA) is 93.2 Å². The molecule has 0 amide bonds. The molecule has 0 atom stereocenters. The number of aromatic nitrogens is 4. The molecular weight excluding hydrogens is 270 g/mol. The first-order valence-electron chi connectivity index (χ1n) is 6.97. The second-order valence-electron chi connectivity index (χ2n) is 4.55. The molecule has 2 aromatic heterocycles. The Morgan fingerprint density at radius 2 is 2.29 bits per heavy atom. The summed E-state index contributed by atoms with van der Waals surface area (Å²) in [5.41, 5.74) is 1.06. The van der Waals surface area contributed by atoms with E-state index in [0.717, 1.165) is 18.2 Å². The first-order valence-corrected chi connectivity index (χ1v) is 6.97. The Balaban J connectivity index is 1.85. The van der Waals surface area contributed by atoms with Crippen molar-refractivity contribution in [2.75, 3.05) is 13.1 Å². The van der Waals surface area contributed by atoms with E-state index in [2.05, 4.69) is 30.9 Å². The van der Waals surface area contributed by atoms with Gasteiger partial charge in [-0.3, -0.25) is 4.68 Å². The summed E-state index contributed by atoms with van der Waals surface area (Å²) in [6.45, 7) is 5.89. The van der Waals surface area contributed by atoms with Gasteiger partial charge in [-0.25, -0.2) is 4.99 Å². The first-order chi connectivity index (χ1) is 10.2. The number of rotatable bonds is 6. The number of hydrogen-bond acceptors (Lipinski definition) is 5. The Labute approximate surface area is 123 Å². The molecule has 0 saturated carbocycles. The summed E-state index contributed by atoms with van der Waals surface area (Å²) >= 11 is 0. The molecule has 2 heterocycles. The first kappa shape index (κ1) is 15.0. The van der Waals surface area contributed by atoms with E-state index in [0.29, 0.717) is 31.2 Å². The summed E-state index contributed by atoms with van der Waals surface area (Å²) in [5.74, 6) is 2.04. The highest BCUT2D eigenvalue weighted by Crippen LogP contribution is 1.98. The average Bonchev–Trinajstić information content (AvgIpc) is 3.05. The molecule has 0 bridgehead atoms. The second kappa shape index (κ2) is 7.41. The van der Waals surface area contributed by atoms with E-state index in [9.17, 15) is 0 Å². The highest BCUT2D eigenvalue weighted by atomic mass is 16.5. The summed E-state index contributed by atoms with van der Waals surface area (Å²) in [7, 11) is 1.91. The number of guanidine groups is 1. The predicted octanol–water partition coefficient (Wildman–Crippen LogP) is 0.409. The SMILES string of the molecule is CCNC(=NCc1ccnn1C)NCCc1nc(C)no1. The maximum atomic E-state index is 5.07. The van der Waals surface area contributed by atoms with Crippen molar-refractivity contribution >= 4 is 5.96 Å². The molecule has 8 heteroatoms. The van der Waals surface area contributed by atoms with Gasteiger partial charge in [0.2, 0.25) is 5.89 Å². The van der Waals surface area contributed by atoms with E-state index in [1.54, 1.807) is 13.1 Å². The van der Waals surface area contributed by atoms with Gasteiger partial charge in [0, 0.05) is 32.8 Å².